The fraction of sp³-hybridized carbons (Fsp3) is 0.444. The summed E-state index contributed by atoms with van der Waals surface area (Å²) >= 11 is 1.06. The SMILES string of the molecule is CC(=O)SCC(=Cc1cccc(C(=O)O)c1F)B1OC(C)(C)C(C)(C)O1. The van der Waals surface area contributed by atoms with Crippen LogP contribution in [0.5, 0.6) is 0 Å². The maximum absolute atomic E-state index is 14.5. The molecule has 1 aromatic carbocycles. The summed E-state index contributed by atoms with van der Waals surface area (Å²) in [7, 11) is -0.750. The minimum atomic E-state index is -1.34. The molecule has 0 saturated carbocycles. The van der Waals surface area contributed by atoms with E-state index in [-0.39, 0.29) is 16.4 Å². The first-order valence-electron chi connectivity index (χ1n) is 8.16. The molecule has 1 aromatic rings. The molecule has 0 amide bonds. The van der Waals surface area contributed by atoms with Crippen molar-refractivity contribution in [1.29, 1.82) is 0 Å². The molecule has 1 aliphatic heterocycles. The van der Waals surface area contributed by atoms with E-state index < -0.39 is 35.7 Å². The van der Waals surface area contributed by atoms with Gasteiger partial charge in [-0.05, 0) is 39.2 Å². The summed E-state index contributed by atoms with van der Waals surface area (Å²) in [6.07, 6.45) is 1.50. The van der Waals surface area contributed by atoms with Crippen LogP contribution in [0.25, 0.3) is 6.08 Å². The summed E-state index contributed by atoms with van der Waals surface area (Å²) < 4.78 is 26.5. The predicted octanol–water partition coefficient (Wildman–Crippen LogP) is 3.82. The van der Waals surface area contributed by atoms with Crippen LogP contribution >= 0.6 is 11.8 Å². The van der Waals surface area contributed by atoms with Crippen LogP contribution in [0, 0.1) is 5.82 Å². The monoisotopic (exact) mass is 380 g/mol. The van der Waals surface area contributed by atoms with E-state index in [0.717, 1.165) is 11.8 Å². The molecule has 1 fully saturated rings. The standard InChI is InChI=1S/C18H22BFO5S/c1-11(21)26-10-13(19-24-17(2,3)18(4,5)25-19)9-12-7-6-8-14(15(12)20)16(22)23/h6-9H,10H2,1-5H3,(H,22,23). The second-order valence-electron chi connectivity index (χ2n) is 7.10. The lowest BCUT2D eigenvalue weighted by Gasteiger charge is -2.32. The topological polar surface area (TPSA) is 72.8 Å². The summed E-state index contributed by atoms with van der Waals surface area (Å²) in [6, 6.07) is 4.15. The fourth-order valence-electron chi connectivity index (χ4n) is 2.38. The van der Waals surface area contributed by atoms with Crippen LogP contribution in [0.15, 0.2) is 23.7 Å². The molecular weight excluding hydrogens is 358 g/mol. The highest BCUT2D eigenvalue weighted by molar-refractivity contribution is 8.13. The van der Waals surface area contributed by atoms with Crippen molar-refractivity contribution >= 4 is 36.0 Å². The smallest absolute Gasteiger partial charge is 0.478 e. The first-order chi connectivity index (χ1) is 11.9. The van der Waals surface area contributed by atoms with Gasteiger partial charge in [0.15, 0.2) is 5.12 Å². The number of rotatable bonds is 5. The number of carboxylic acid groups (broad SMARTS) is 1. The van der Waals surface area contributed by atoms with Crippen LogP contribution in [-0.2, 0) is 14.1 Å². The first kappa shape index (κ1) is 20.7. The Bertz CT molecular complexity index is 744. The van der Waals surface area contributed by atoms with Crippen LogP contribution in [0.2, 0.25) is 0 Å². The maximum atomic E-state index is 14.5. The zero-order valence-electron chi connectivity index (χ0n) is 15.5. The van der Waals surface area contributed by atoms with Gasteiger partial charge in [0.2, 0.25) is 0 Å². The van der Waals surface area contributed by atoms with E-state index in [1.165, 1.54) is 31.2 Å². The number of carbonyl (C=O) groups is 2. The summed E-state index contributed by atoms with van der Waals surface area (Å²) in [5, 5.41) is 9.00. The third-order valence-electron chi connectivity index (χ3n) is 4.60. The second-order valence-corrected chi connectivity index (χ2v) is 8.25. The van der Waals surface area contributed by atoms with Crippen molar-refractivity contribution in [3.05, 3.63) is 40.6 Å². The maximum Gasteiger partial charge on any atom is 0.491 e. The van der Waals surface area contributed by atoms with Crippen molar-refractivity contribution in [2.24, 2.45) is 0 Å². The van der Waals surface area contributed by atoms with Gasteiger partial charge in [-0.1, -0.05) is 30.0 Å². The van der Waals surface area contributed by atoms with Gasteiger partial charge in [-0.25, -0.2) is 9.18 Å². The molecule has 0 aliphatic carbocycles. The van der Waals surface area contributed by atoms with Crippen LogP contribution < -0.4 is 0 Å². The van der Waals surface area contributed by atoms with E-state index in [1.54, 1.807) is 0 Å². The highest BCUT2D eigenvalue weighted by Gasteiger charge is 2.52. The number of benzene rings is 1. The quantitative estimate of drug-likeness (QED) is 0.783. The lowest BCUT2D eigenvalue weighted by molar-refractivity contribution is -0.109. The first-order valence-corrected chi connectivity index (χ1v) is 9.14. The molecule has 1 saturated heterocycles. The predicted molar refractivity (Wildman–Crippen MR) is 101 cm³/mol. The molecule has 8 heteroatoms. The third-order valence-corrected chi connectivity index (χ3v) is 5.48. The molecule has 1 aliphatic rings. The number of halogens is 1. The Morgan fingerprint density at radius 1 is 1.23 bits per heavy atom. The molecule has 26 heavy (non-hydrogen) atoms. The summed E-state index contributed by atoms with van der Waals surface area (Å²) in [5.41, 5.74) is -0.909. The molecular formula is C18H22BFO5S. The van der Waals surface area contributed by atoms with E-state index in [2.05, 4.69) is 0 Å². The average Bonchev–Trinajstić information content (AvgIpc) is 2.72. The molecule has 0 aromatic heterocycles. The Balaban J connectivity index is 2.43. The van der Waals surface area contributed by atoms with Crippen molar-refractivity contribution in [1.82, 2.24) is 0 Å². The lowest BCUT2D eigenvalue weighted by atomic mass is 9.78. The molecule has 1 N–H and O–H groups in total. The number of hydrogen-bond acceptors (Lipinski definition) is 5. The average molecular weight is 380 g/mol. The Hall–Kier alpha value is -1.64. The minimum absolute atomic E-state index is 0.0906. The van der Waals surface area contributed by atoms with Crippen molar-refractivity contribution in [2.75, 3.05) is 5.75 Å². The van der Waals surface area contributed by atoms with Gasteiger partial charge in [-0.2, -0.15) is 0 Å². The van der Waals surface area contributed by atoms with Gasteiger partial charge in [0.1, 0.15) is 5.82 Å². The van der Waals surface area contributed by atoms with Crippen LogP contribution in [0.4, 0.5) is 4.39 Å². The van der Waals surface area contributed by atoms with Gasteiger partial charge < -0.3 is 14.4 Å². The normalized spacial score (nSPS) is 18.8. The highest BCUT2D eigenvalue weighted by Crippen LogP contribution is 2.39. The Morgan fingerprint density at radius 3 is 2.31 bits per heavy atom. The third kappa shape index (κ3) is 4.36. The van der Waals surface area contributed by atoms with Crippen LogP contribution in [0.3, 0.4) is 0 Å². The largest absolute Gasteiger partial charge is 0.491 e. The van der Waals surface area contributed by atoms with Crippen molar-refractivity contribution in [3.63, 3.8) is 0 Å². The molecule has 1 heterocycles. The van der Waals surface area contributed by atoms with E-state index >= 15 is 0 Å². The molecule has 140 valence electrons. The second kappa shape index (κ2) is 7.54. The molecule has 0 radical (unpaired) electrons. The van der Waals surface area contributed by atoms with E-state index in [4.69, 9.17) is 14.4 Å². The highest BCUT2D eigenvalue weighted by atomic mass is 32.2. The van der Waals surface area contributed by atoms with Gasteiger partial charge in [0.25, 0.3) is 0 Å². The van der Waals surface area contributed by atoms with Crippen LogP contribution in [-0.4, -0.2) is 40.3 Å². The van der Waals surface area contributed by atoms with Gasteiger partial charge in [0, 0.05) is 18.2 Å². The number of thioether (sulfide) groups is 1. The Kier molecular flexibility index (Phi) is 6.00. The lowest BCUT2D eigenvalue weighted by Crippen LogP contribution is -2.41. The fourth-order valence-corrected chi connectivity index (χ4v) is 2.97. The van der Waals surface area contributed by atoms with Gasteiger partial charge in [0.05, 0.1) is 16.8 Å². The molecule has 0 spiro atoms. The van der Waals surface area contributed by atoms with E-state index in [0.29, 0.717) is 5.47 Å². The summed E-state index contributed by atoms with van der Waals surface area (Å²) in [5.74, 6) is -1.92. The molecule has 2 rings (SSSR count). The van der Waals surface area contributed by atoms with Crippen LogP contribution in [0.1, 0.15) is 50.5 Å². The molecule has 5 nitrogen and oxygen atoms in total. The molecule has 0 atom stereocenters. The Labute approximate surface area is 157 Å². The Morgan fingerprint density at radius 2 is 1.81 bits per heavy atom. The van der Waals surface area contributed by atoms with Gasteiger partial charge in [-0.3, -0.25) is 4.79 Å². The zero-order chi connectivity index (χ0) is 19.7. The number of hydrogen-bond donors (Lipinski definition) is 1. The van der Waals surface area contributed by atoms with Gasteiger partial charge in [-0.15, -0.1) is 0 Å². The van der Waals surface area contributed by atoms with E-state index in [9.17, 15) is 14.0 Å². The minimum Gasteiger partial charge on any atom is -0.478 e. The zero-order valence-corrected chi connectivity index (χ0v) is 16.3. The van der Waals surface area contributed by atoms with Gasteiger partial charge >= 0.3 is 13.1 Å². The number of carbonyl (C=O) groups excluding carboxylic acids is 1. The molecule has 0 unspecified atom stereocenters. The van der Waals surface area contributed by atoms with Crippen molar-refractivity contribution in [3.8, 4) is 0 Å². The van der Waals surface area contributed by atoms with Crippen molar-refractivity contribution < 1.29 is 28.4 Å². The summed E-state index contributed by atoms with van der Waals surface area (Å²) in [6.45, 7) is 9.03. The molecule has 0 bridgehead atoms. The summed E-state index contributed by atoms with van der Waals surface area (Å²) in [4.78, 5) is 22.5. The number of aromatic carboxylic acids is 1. The van der Waals surface area contributed by atoms with Crippen molar-refractivity contribution in [2.45, 2.75) is 45.8 Å². The number of carboxylic acids is 1. The van der Waals surface area contributed by atoms with E-state index in [1.807, 2.05) is 27.7 Å².